The number of benzene rings is 1. The van der Waals surface area contributed by atoms with Gasteiger partial charge in [-0.2, -0.15) is 0 Å². The minimum absolute atomic E-state index is 0.747. The fraction of sp³-hybridized carbons (Fsp3) is 0.636. The first-order valence-electron chi connectivity index (χ1n) is 9.70. The lowest BCUT2D eigenvalue weighted by Gasteiger charge is -2.27. The molecule has 1 aromatic carbocycles. The predicted molar refractivity (Wildman–Crippen MR) is 100 cm³/mol. The van der Waals surface area contributed by atoms with E-state index in [-0.39, 0.29) is 0 Å². The lowest BCUT2D eigenvalue weighted by atomic mass is 9.78. The zero-order chi connectivity index (χ0) is 16.5. The Morgan fingerprint density at radius 3 is 2.48 bits per heavy atom. The summed E-state index contributed by atoms with van der Waals surface area (Å²) < 4.78 is 5.93. The molecule has 1 fully saturated rings. The van der Waals surface area contributed by atoms with E-state index in [1.165, 1.54) is 49.7 Å². The summed E-state index contributed by atoms with van der Waals surface area (Å²) >= 11 is 0. The molecule has 0 radical (unpaired) electrons. The molecule has 1 aromatic rings. The average Bonchev–Trinajstić information content (AvgIpc) is 2.59. The summed E-state index contributed by atoms with van der Waals surface area (Å²) in [5.74, 6) is 2.67. The summed E-state index contributed by atoms with van der Waals surface area (Å²) in [6.07, 6.45) is 14.7. The molecular formula is C22H34O. The van der Waals surface area contributed by atoms with Crippen LogP contribution in [0.15, 0.2) is 30.4 Å². The van der Waals surface area contributed by atoms with Crippen LogP contribution < -0.4 is 4.74 Å². The van der Waals surface area contributed by atoms with Gasteiger partial charge in [-0.1, -0.05) is 51.5 Å². The van der Waals surface area contributed by atoms with E-state index in [1.807, 2.05) is 0 Å². The summed E-state index contributed by atoms with van der Waals surface area (Å²) in [6, 6.07) is 6.97. The molecule has 1 saturated carbocycles. The molecule has 1 heteroatoms. The average molecular weight is 315 g/mol. The normalized spacial score (nSPS) is 21.7. The van der Waals surface area contributed by atoms with Gasteiger partial charge in [-0.25, -0.2) is 0 Å². The second-order valence-corrected chi connectivity index (χ2v) is 6.91. The van der Waals surface area contributed by atoms with Crippen LogP contribution in [-0.4, -0.2) is 6.61 Å². The molecule has 0 bridgehead atoms. The minimum Gasteiger partial charge on any atom is -0.493 e. The molecule has 0 saturated heterocycles. The van der Waals surface area contributed by atoms with Crippen LogP contribution in [0.2, 0.25) is 0 Å². The van der Waals surface area contributed by atoms with E-state index in [0.717, 1.165) is 37.0 Å². The van der Waals surface area contributed by atoms with Gasteiger partial charge in [-0.15, -0.1) is 0 Å². The number of hydrogen-bond acceptors (Lipinski definition) is 1. The second-order valence-electron chi connectivity index (χ2n) is 6.91. The molecule has 0 unspecified atom stereocenters. The van der Waals surface area contributed by atoms with Crippen molar-refractivity contribution in [2.45, 2.75) is 78.1 Å². The summed E-state index contributed by atoms with van der Waals surface area (Å²) in [5, 5.41) is 0. The van der Waals surface area contributed by atoms with E-state index in [1.54, 1.807) is 0 Å². The highest BCUT2D eigenvalue weighted by atomic mass is 16.5. The molecule has 1 nitrogen and oxygen atoms in total. The predicted octanol–water partition coefficient (Wildman–Crippen LogP) is 6.67. The zero-order valence-corrected chi connectivity index (χ0v) is 15.3. The topological polar surface area (TPSA) is 9.23 Å². The van der Waals surface area contributed by atoms with Crippen LogP contribution in [0.5, 0.6) is 5.75 Å². The molecule has 0 spiro atoms. The van der Waals surface area contributed by atoms with Crippen molar-refractivity contribution in [2.75, 3.05) is 6.61 Å². The third-order valence-electron chi connectivity index (χ3n) is 4.95. The molecule has 0 aromatic heterocycles. The van der Waals surface area contributed by atoms with Crippen LogP contribution in [0.4, 0.5) is 0 Å². The van der Waals surface area contributed by atoms with Gasteiger partial charge in [-0.05, 0) is 74.0 Å². The highest BCUT2D eigenvalue weighted by Gasteiger charge is 2.21. The maximum Gasteiger partial charge on any atom is 0.122 e. The van der Waals surface area contributed by atoms with Crippen molar-refractivity contribution >= 4 is 0 Å². The molecule has 0 heterocycles. The third-order valence-corrected chi connectivity index (χ3v) is 4.95. The maximum absolute atomic E-state index is 5.93. The highest BCUT2D eigenvalue weighted by Crippen LogP contribution is 2.38. The van der Waals surface area contributed by atoms with E-state index in [9.17, 15) is 0 Å². The van der Waals surface area contributed by atoms with Gasteiger partial charge in [0.25, 0.3) is 0 Å². The Morgan fingerprint density at radius 2 is 1.83 bits per heavy atom. The van der Waals surface area contributed by atoms with Gasteiger partial charge in [0.2, 0.25) is 0 Å². The molecule has 0 N–H and O–H groups in total. The van der Waals surface area contributed by atoms with E-state index >= 15 is 0 Å². The van der Waals surface area contributed by atoms with Crippen molar-refractivity contribution in [3.05, 3.63) is 41.5 Å². The Kier molecular flexibility index (Phi) is 7.71. The first kappa shape index (κ1) is 18.1. The number of ether oxygens (including phenoxy) is 1. The van der Waals surface area contributed by atoms with Gasteiger partial charge in [-0.3, -0.25) is 0 Å². The number of allylic oxidation sites excluding steroid dienone is 2. The van der Waals surface area contributed by atoms with Crippen molar-refractivity contribution in [2.24, 2.45) is 5.92 Å². The Morgan fingerprint density at radius 1 is 1.04 bits per heavy atom. The lowest BCUT2D eigenvalue weighted by Crippen LogP contribution is -2.12. The van der Waals surface area contributed by atoms with Crippen LogP contribution >= 0.6 is 0 Å². The molecular weight excluding hydrogens is 280 g/mol. The quantitative estimate of drug-likeness (QED) is 0.487. The number of hydrogen-bond donors (Lipinski definition) is 0. The lowest BCUT2D eigenvalue weighted by molar-refractivity contribution is 0.313. The van der Waals surface area contributed by atoms with Crippen LogP contribution in [0.1, 0.15) is 82.8 Å². The number of aryl methyl sites for hydroxylation is 1. The van der Waals surface area contributed by atoms with Crippen LogP contribution in [-0.2, 0) is 6.42 Å². The molecule has 1 aliphatic carbocycles. The molecule has 128 valence electrons. The molecule has 0 aliphatic heterocycles. The SMILES string of the molecule is CCC=C[C@H]1CC[C@H](c2ccc(OCCC)c(CCC)c2)CC1. The van der Waals surface area contributed by atoms with Crippen molar-refractivity contribution < 1.29 is 4.74 Å². The molecule has 1 aliphatic rings. The van der Waals surface area contributed by atoms with Crippen molar-refractivity contribution in [1.29, 1.82) is 0 Å². The fourth-order valence-corrected chi connectivity index (χ4v) is 3.64. The summed E-state index contributed by atoms with van der Waals surface area (Å²) in [6.45, 7) is 7.46. The Labute approximate surface area is 143 Å². The Balaban J connectivity index is 2.02. The summed E-state index contributed by atoms with van der Waals surface area (Å²) in [7, 11) is 0. The van der Waals surface area contributed by atoms with E-state index in [4.69, 9.17) is 4.74 Å². The van der Waals surface area contributed by atoms with Crippen LogP contribution in [0.25, 0.3) is 0 Å². The highest BCUT2D eigenvalue weighted by molar-refractivity contribution is 5.39. The smallest absolute Gasteiger partial charge is 0.122 e. The minimum atomic E-state index is 0.747. The molecule has 2 rings (SSSR count). The van der Waals surface area contributed by atoms with Crippen LogP contribution in [0, 0.1) is 5.92 Å². The standard InChI is InChI=1S/C22H34O/c1-4-7-9-18-10-12-19(13-11-18)20-14-15-22(23-16-6-3)21(17-20)8-5-2/h7,9,14-15,17-19H,4-6,8,10-13,16H2,1-3H3/t18-,19-. The van der Waals surface area contributed by atoms with Crippen molar-refractivity contribution in [3.8, 4) is 5.75 Å². The number of rotatable bonds is 8. The first-order chi connectivity index (χ1) is 11.3. The largest absolute Gasteiger partial charge is 0.493 e. The fourth-order valence-electron chi connectivity index (χ4n) is 3.64. The van der Waals surface area contributed by atoms with Gasteiger partial charge in [0.1, 0.15) is 5.75 Å². The molecule has 23 heavy (non-hydrogen) atoms. The van der Waals surface area contributed by atoms with E-state index in [2.05, 4.69) is 51.1 Å². The molecule has 0 atom stereocenters. The molecule has 0 amide bonds. The van der Waals surface area contributed by atoms with E-state index in [0.29, 0.717) is 0 Å². The Bertz CT molecular complexity index is 481. The second kappa shape index (κ2) is 9.80. The van der Waals surface area contributed by atoms with E-state index < -0.39 is 0 Å². The zero-order valence-electron chi connectivity index (χ0n) is 15.3. The first-order valence-corrected chi connectivity index (χ1v) is 9.70. The van der Waals surface area contributed by atoms with Gasteiger partial charge < -0.3 is 4.74 Å². The third kappa shape index (κ3) is 5.41. The van der Waals surface area contributed by atoms with Crippen LogP contribution in [0.3, 0.4) is 0 Å². The van der Waals surface area contributed by atoms with Gasteiger partial charge >= 0.3 is 0 Å². The van der Waals surface area contributed by atoms with Gasteiger partial charge in [0.15, 0.2) is 0 Å². The summed E-state index contributed by atoms with van der Waals surface area (Å²) in [5.41, 5.74) is 2.95. The van der Waals surface area contributed by atoms with Crippen molar-refractivity contribution in [1.82, 2.24) is 0 Å². The summed E-state index contributed by atoms with van der Waals surface area (Å²) in [4.78, 5) is 0. The monoisotopic (exact) mass is 314 g/mol. The Hall–Kier alpha value is -1.24. The van der Waals surface area contributed by atoms with Gasteiger partial charge in [0.05, 0.1) is 6.61 Å². The maximum atomic E-state index is 5.93. The van der Waals surface area contributed by atoms with Crippen molar-refractivity contribution in [3.63, 3.8) is 0 Å². The van der Waals surface area contributed by atoms with Gasteiger partial charge in [0, 0.05) is 0 Å².